The van der Waals surface area contributed by atoms with Crippen molar-refractivity contribution in [2.75, 3.05) is 6.61 Å². The highest BCUT2D eigenvalue weighted by Gasteiger charge is 2.23. The molecule has 2 aromatic carbocycles. The van der Waals surface area contributed by atoms with Gasteiger partial charge in [0.05, 0.1) is 0 Å². The van der Waals surface area contributed by atoms with Crippen molar-refractivity contribution in [1.29, 1.82) is 0 Å². The van der Waals surface area contributed by atoms with Gasteiger partial charge in [0.15, 0.2) is 11.5 Å². The molecule has 0 radical (unpaired) electrons. The molecule has 1 aliphatic carbocycles. The first-order valence-corrected chi connectivity index (χ1v) is 12.0. The first-order valence-electron chi connectivity index (χ1n) is 12.0. The first kappa shape index (κ1) is 25.8. The fraction of sp³-hybridized carbons (Fsp3) is 0.300. The molecule has 1 atom stereocenters. The van der Waals surface area contributed by atoms with E-state index >= 15 is 0 Å². The summed E-state index contributed by atoms with van der Waals surface area (Å²) >= 11 is 0. The third-order valence-corrected chi connectivity index (χ3v) is 5.67. The summed E-state index contributed by atoms with van der Waals surface area (Å²) in [6, 6.07) is 12.0. The van der Waals surface area contributed by atoms with Gasteiger partial charge in [0.2, 0.25) is 0 Å². The minimum absolute atomic E-state index is 0.0411. The summed E-state index contributed by atoms with van der Waals surface area (Å²) in [5.41, 5.74) is 6.53. The zero-order chi connectivity index (χ0) is 25.2. The van der Waals surface area contributed by atoms with Crippen LogP contribution in [0.5, 0.6) is 11.5 Å². The van der Waals surface area contributed by atoms with Crippen LogP contribution in [0.2, 0.25) is 0 Å². The molecule has 2 aromatic rings. The molecule has 0 spiro atoms. The molecule has 35 heavy (non-hydrogen) atoms. The summed E-state index contributed by atoms with van der Waals surface area (Å²) in [4.78, 5) is 26.0. The molecule has 0 unspecified atom stereocenters. The second-order valence-corrected chi connectivity index (χ2v) is 8.68. The molecular weight excluding hydrogens is 438 g/mol. The molecule has 1 amide bonds. The molecular formula is C30H33NO4. The average Bonchev–Trinajstić information content (AvgIpc) is 3.05. The number of carbonyl (C=O) groups excluding carboxylic acids is 2. The number of allylic oxidation sites excluding steroid dienone is 4. The fourth-order valence-electron chi connectivity index (χ4n) is 3.63. The maximum atomic E-state index is 13.1. The van der Waals surface area contributed by atoms with Crippen molar-refractivity contribution in [3.8, 4) is 11.5 Å². The lowest BCUT2D eigenvalue weighted by molar-refractivity contribution is -0.121. The van der Waals surface area contributed by atoms with Crippen molar-refractivity contribution >= 4 is 11.7 Å². The number of rotatable bonds is 11. The van der Waals surface area contributed by atoms with Crippen LogP contribution in [0.1, 0.15) is 54.6 Å². The molecule has 0 fully saturated rings. The minimum atomic E-state index is -0.748. The Bertz CT molecular complexity index is 1180. The van der Waals surface area contributed by atoms with E-state index in [4.69, 9.17) is 9.47 Å². The summed E-state index contributed by atoms with van der Waals surface area (Å²) in [5, 5.41) is 2.88. The summed E-state index contributed by atoms with van der Waals surface area (Å²) in [5.74, 6) is 1.41. The predicted molar refractivity (Wildman–Crippen MR) is 139 cm³/mol. The maximum Gasteiger partial charge on any atom is 0.252 e. The van der Waals surface area contributed by atoms with Gasteiger partial charge in [-0.15, -0.1) is 0 Å². The number of benzene rings is 2. The van der Waals surface area contributed by atoms with Gasteiger partial charge in [-0.25, -0.2) is 0 Å². The Morgan fingerprint density at radius 1 is 1.03 bits per heavy atom. The lowest BCUT2D eigenvalue weighted by Gasteiger charge is -2.20. The van der Waals surface area contributed by atoms with Crippen LogP contribution in [0.4, 0.5) is 0 Å². The molecule has 1 aliphatic rings. The van der Waals surface area contributed by atoms with Crippen LogP contribution in [0.25, 0.3) is 0 Å². The fourth-order valence-corrected chi connectivity index (χ4v) is 3.63. The van der Waals surface area contributed by atoms with Gasteiger partial charge in [-0.1, -0.05) is 61.1 Å². The standard InChI is InChI=1S/C30H33NO4/c1-5-6-16-28(32)27(20-34-29-22(3)11-8-12-23(29)4)31-30(33)24-13-9-15-26(19-24)35-25-14-7-10-21(2)17-18-25/h7-13,15,17-19,27H,5-6,16,20H2,1-4H3,(H,31,33)/t27-/m0/s1. The zero-order valence-corrected chi connectivity index (χ0v) is 20.9. The Hall–Kier alpha value is -3.82. The van der Waals surface area contributed by atoms with E-state index < -0.39 is 6.04 Å². The zero-order valence-electron chi connectivity index (χ0n) is 20.9. The Labute approximate surface area is 207 Å². The third-order valence-electron chi connectivity index (χ3n) is 5.67. The Balaban J connectivity index is 1.73. The normalized spacial score (nSPS) is 13.4. The molecule has 3 rings (SSSR count). The van der Waals surface area contributed by atoms with Crippen LogP contribution in [0.15, 0.2) is 83.8 Å². The van der Waals surface area contributed by atoms with Gasteiger partial charge in [0.25, 0.3) is 5.91 Å². The summed E-state index contributed by atoms with van der Waals surface area (Å²) in [7, 11) is 0. The van der Waals surface area contributed by atoms with Crippen molar-refractivity contribution in [2.45, 2.75) is 53.0 Å². The van der Waals surface area contributed by atoms with Crippen molar-refractivity contribution in [3.63, 3.8) is 0 Å². The number of amides is 1. The van der Waals surface area contributed by atoms with Crippen molar-refractivity contribution < 1.29 is 19.1 Å². The van der Waals surface area contributed by atoms with Gasteiger partial charge in [0.1, 0.15) is 24.1 Å². The molecule has 0 aromatic heterocycles. The van der Waals surface area contributed by atoms with E-state index in [1.165, 1.54) is 0 Å². The maximum absolute atomic E-state index is 13.1. The second-order valence-electron chi connectivity index (χ2n) is 8.68. The molecule has 0 heterocycles. The Morgan fingerprint density at radius 3 is 2.51 bits per heavy atom. The quantitative estimate of drug-likeness (QED) is 0.398. The van der Waals surface area contributed by atoms with Crippen LogP contribution in [-0.4, -0.2) is 24.3 Å². The summed E-state index contributed by atoms with van der Waals surface area (Å²) < 4.78 is 11.9. The van der Waals surface area contributed by atoms with Gasteiger partial charge in [-0.05, 0) is 68.7 Å². The topological polar surface area (TPSA) is 64.6 Å². The van der Waals surface area contributed by atoms with Crippen LogP contribution >= 0.6 is 0 Å². The molecule has 0 bridgehead atoms. The van der Waals surface area contributed by atoms with E-state index in [1.54, 1.807) is 30.3 Å². The van der Waals surface area contributed by atoms with E-state index in [0.29, 0.717) is 23.5 Å². The third kappa shape index (κ3) is 7.59. The van der Waals surface area contributed by atoms with E-state index in [0.717, 1.165) is 35.3 Å². The Morgan fingerprint density at radius 2 is 1.77 bits per heavy atom. The molecule has 182 valence electrons. The lowest BCUT2D eigenvalue weighted by Crippen LogP contribution is -2.45. The van der Waals surface area contributed by atoms with Gasteiger partial charge < -0.3 is 14.8 Å². The van der Waals surface area contributed by atoms with E-state index in [2.05, 4.69) is 11.0 Å². The van der Waals surface area contributed by atoms with Gasteiger partial charge in [0, 0.05) is 12.0 Å². The highest BCUT2D eigenvalue weighted by Crippen LogP contribution is 2.23. The molecule has 0 saturated heterocycles. The number of hydrogen-bond donors (Lipinski definition) is 1. The number of ketones is 1. The molecule has 1 N–H and O–H groups in total. The van der Waals surface area contributed by atoms with Crippen LogP contribution in [0.3, 0.4) is 0 Å². The number of ether oxygens (including phenoxy) is 2. The lowest BCUT2D eigenvalue weighted by atomic mass is 10.1. The largest absolute Gasteiger partial charge is 0.490 e. The van der Waals surface area contributed by atoms with Crippen LogP contribution in [-0.2, 0) is 4.79 Å². The summed E-state index contributed by atoms with van der Waals surface area (Å²) in [6.07, 6.45) is 9.55. The van der Waals surface area contributed by atoms with E-state index in [9.17, 15) is 9.59 Å². The Kier molecular flexibility index (Phi) is 9.28. The highest BCUT2D eigenvalue weighted by atomic mass is 16.5. The SMILES string of the molecule is CCCCC(=O)[C@H](COc1c(C)cccc1C)NC(=O)c1cccc(OC2=C=CC=C(C)C=C2)c1. The number of unbranched alkanes of at least 4 members (excludes halogenated alkanes) is 1. The van der Waals surface area contributed by atoms with E-state index in [-0.39, 0.29) is 18.3 Å². The number of aryl methyl sites for hydroxylation is 2. The molecule has 0 aliphatic heterocycles. The van der Waals surface area contributed by atoms with Crippen LogP contribution < -0.4 is 14.8 Å². The number of nitrogens with one attached hydrogen (secondary N) is 1. The molecule has 0 saturated carbocycles. The van der Waals surface area contributed by atoms with Crippen molar-refractivity contribution in [2.24, 2.45) is 0 Å². The van der Waals surface area contributed by atoms with Gasteiger partial charge in [-0.2, -0.15) is 0 Å². The smallest absolute Gasteiger partial charge is 0.252 e. The minimum Gasteiger partial charge on any atom is -0.490 e. The van der Waals surface area contributed by atoms with Crippen LogP contribution in [0, 0.1) is 13.8 Å². The highest BCUT2D eigenvalue weighted by molar-refractivity contribution is 5.98. The molecule has 5 nitrogen and oxygen atoms in total. The van der Waals surface area contributed by atoms with Crippen molar-refractivity contribution in [3.05, 3.63) is 101 Å². The molecule has 5 heteroatoms. The van der Waals surface area contributed by atoms with E-state index in [1.807, 2.05) is 64.1 Å². The average molecular weight is 472 g/mol. The number of Topliss-reactive ketones (excluding diaryl/α,β-unsaturated/α-hetero) is 1. The van der Waals surface area contributed by atoms with Gasteiger partial charge >= 0.3 is 0 Å². The first-order chi connectivity index (χ1) is 16.9. The predicted octanol–water partition coefficient (Wildman–Crippen LogP) is 6.17. The number of hydrogen-bond acceptors (Lipinski definition) is 4. The number of carbonyl (C=O) groups is 2. The van der Waals surface area contributed by atoms with Crippen molar-refractivity contribution in [1.82, 2.24) is 5.32 Å². The second kappa shape index (κ2) is 12.6. The van der Waals surface area contributed by atoms with Gasteiger partial charge in [-0.3, -0.25) is 9.59 Å². The monoisotopic (exact) mass is 471 g/mol. The number of para-hydroxylation sites is 1. The summed E-state index contributed by atoms with van der Waals surface area (Å²) in [6.45, 7) is 8.03.